The van der Waals surface area contributed by atoms with Gasteiger partial charge in [0, 0.05) is 24.8 Å². The maximum atomic E-state index is 14.2. The number of piperidine rings is 1. The summed E-state index contributed by atoms with van der Waals surface area (Å²) in [6, 6.07) is 7.63. The number of nitrogens with zero attached hydrogens (tertiary/aromatic N) is 2. The molecule has 0 spiro atoms. The van der Waals surface area contributed by atoms with Gasteiger partial charge in [0.05, 0.1) is 24.7 Å². The van der Waals surface area contributed by atoms with Crippen molar-refractivity contribution in [1.82, 2.24) is 15.2 Å². The number of aryl methyl sites for hydroxylation is 1. The fourth-order valence-corrected chi connectivity index (χ4v) is 3.39. The van der Waals surface area contributed by atoms with Gasteiger partial charge < -0.3 is 20.7 Å². The summed E-state index contributed by atoms with van der Waals surface area (Å²) < 4.78 is 18.9. The number of nitrogens with one attached hydrogen (secondary N) is 3. The molecule has 1 atom stereocenters. The van der Waals surface area contributed by atoms with Crippen molar-refractivity contribution < 1.29 is 18.7 Å². The van der Waals surface area contributed by atoms with Crippen molar-refractivity contribution in [1.29, 1.82) is 0 Å². The highest BCUT2D eigenvalue weighted by atomic mass is 19.1. The van der Waals surface area contributed by atoms with E-state index in [0.29, 0.717) is 18.8 Å². The molecule has 30 heavy (non-hydrogen) atoms. The fraction of sp³-hybridized carbons (Fsp3) is 0.381. The minimum absolute atomic E-state index is 0.0122. The van der Waals surface area contributed by atoms with E-state index in [4.69, 9.17) is 0 Å². The largest absolute Gasteiger partial charge is 0.453 e. The number of ether oxygens (including phenoxy) is 1. The van der Waals surface area contributed by atoms with E-state index in [-0.39, 0.29) is 11.7 Å². The second kappa shape index (κ2) is 10.0. The number of halogens is 1. The Hall–Kier alpha value is -3.20. The lowest BCUT2D eigenvalue weighted by Crippen LogP contribution is -2.47. The molecule has 0 aliphatic carbocycles. The Balaban J connectivity index is 1.59. The quantitative estimate of drug-likeness (QED) is 0.695. The summed E-state index contributed by atoms with van der Waals surface area (Å²) in [4.78, 5) is 29.9. The van der Waals surface area contributed by atoms with E-state index in [1.54, 1.807) is 24.3 Å². The minimum Gasteiger partial charge on any atom is -0.453 e. The normalized spacial score (nSPS) is 16.6. The Labute approximate surface area is 174 Å². The Bertz CT molecular complexity index is 891. The molecule has 8 nitrogen and oxygen atoms in total. The average Bonchev–Trinajstić information content (AvgIpc) is 2.72. The molecule has 3 rings (SSSR count). The van der Waals surface area contributed by atoms with Gasteiger partial charge in [-0.2, -0.15) is 0 Å². The van der Waals surface area contributed by atoms with Crippen LogP contribution in [0, 0.1) is 12.7 Å². The maximum absolute atomic E-state index is 14.2. The van der Waals surface area contributed by atoms with Crippen LogP contribution in [0.4, 0.5) is 25.4 Å². The van der Waals surface area contributed by atoms with Gasteiger partial charge in [-0.3, -0.25) is 9.88 Å². The highest BCUT2D eigenvalue weighted by Gasteiger charge is 2.22. The third kappa shape index (κ3) is 6.15. The van der Waals surface area contributed by atoms with Crippen molar-refractivity contribution in [2.45, 2.75) is 32.4 Å². The predicted molar refractivity (Wildman–Crippen MR) is 112 cm³/mol. The van der Waals surface area contributed by atoms with Gasteiger partial charge in [0.15, 0.2) is 0 Å². The number of hydrogen-bond acceptors (Lipinski definition) is 5. The number of urea groups is 1. The number of carbonyl (C=O) groups excluding carboxylic acids is 2. The SMILES string of the molecule is COC(=O)N[C@@H]1CCCN(Cc2ccc(F)c(NC(=O)Nc3ccc(C)nc3)c2)C1. The molecule has 1 aromatic heterocycles. The standard InChI is InChI=1S/C21H26FN5O3/c1-14-5-7-16(11-23-14)24-20(28)26-19-10-15(6-8-18(19)22)12-27-9-3-4-17(13-27)25-21(29)30-2/h5-8,10-11,17H,3-4,9,12-13H2,1-2H3,(H,25,29)(H2,24,26,28)/t17-/m1/s1. The third-order valence-electron chi connectivity index (χ3n) is 4.87. The summed E-state index contributed by atoms with van der Waals surface area (Å²) in [6.45, 7) is 3.98. The Morgan fingerprint density at radius 3 is 2.83 bits per heavy atom. The summed E-state index contributed by atoms with van der Waals surface area (Å²) >= 11 is 0. The molecule has 1 aliphatic heterocycles. The molecule has 2 heterocycles. The monoisotopic (exact) mass is 415 g/mol. The minimum atomic E-state index is -0.544. The van der Waals surface area contributed by atoms with E-state index < -0.39 is 17.9 Å². The van der Waals surface area contributed by atoms with Crippen LogP contribution in [-0.2, 0) is 11.3 Å². The lowest BCUT2D eigenvalue weighted by molar-refractivity contribution is 0.145. The van der Waals surface area contributed by atoms with Crippen LogP contribution in [0.2, 0.25) is 0 Å². The Morgan fingerprint density at radius 1 is 1.27 bits per heavy atom. The summed E-state index contributed by atoms with van der Waals surface area (Å²) in [5.74, 6) is -0.514. The van der Waals surface area contributed by atoms with Gasteiger partial charge in [-0.05, 0) is 56.1 Å². The molecular formula is C21H26FN5O3. The molecule has 2 aromatic rings. The first-order chi connectivity index (χ1) is 14.4. The Kier molecular flexibility index (Phi) is 7.18. The van der Waals surface area contributed by atoms with Gasteiger partial charge in [-0.1, -0.05) is 6.07 Å². The van der Waals surface area contributed by atoms with Crippen LogP contribution < -0.4 is 16.0 Å². The van der Waals surface area contributed by atoms with Gasteiger partial charge >= 0.3 is 12.1 Å². The number of likely N-dealkylation sites (tertiary alicyclic amines) is 1. The number of alkyl carbamates (subject to hydrolysis) is 1. The number of benzene rings is 1. The van der Waals surface area contributed by atoms with Crippen molar-refractivity contribution in [3.8, 4) is 0 Å². The maximum Gasteiger partial charge on any atom is 0.407 e. The second-order valence-corrected chi connectivity index (χ2v) is 7.29. The van der Waals surface area contributed by atoms with E-state index >= 15 is 0 Å². The van der Waals surface area contributed by atoms with E-state index in [0.717, 1.165) is 30.6 Å². The Morgan fingerprint density at radius 2 is 2.10 bits per heavy atom. The first-order valence-corrected chi connectivity index (χ1v) is 9.79. The van der Waals surface area contributed by atoms with Crippen LogP contribution >= 0.6 is 0 Å². The highest BCUT2D eigenvalue weighted by Crippen LogP contribution is 2.20. The molecular weight excluding hydrogens is 389 g/mol. The third-order valence-corrected chi connectivity index (χ3v) is 4.87. The number of amides is 3. The number of pyridine rings is 1. The van der Waals surface area contributed by atoms with Gasteiger partial charge in [0.1, 0.15) is 5.82 Å². The van der Waals surface area contributed by atoms with Crippen LogP contribution in [-0.4, -0.2) is 48.2 Å². The highest BCUT2D eigenvalue weighted by molar-refractivity contribution is 5.99. The first kappa shape index (κ1) is 21.5. The molecule has 160 valence electrons. The van der Waals surface area contributed by atoms with Crippen molar-refractivity contribution in [3.05, 3.63) is 53.6 Å². The van der Waals surface area contributed by atoms with Gasteiger partial charge in [-0.15, -0.1) is 0 Å². The molecule has 3 N–H and O–H groups in total. The smallest absolute Gasteiger partial charge is 0.407 e. The van der Waals surface area contributed by atoms with Gasteiger partial charge in [0.2, 0.25) is 0 Å². The lowest BCUT2D eigenvalue weighted by Gasteiger charge is -2.32. The number of aromatic nitrogens is 1. The summed E-state index contributed by atoms with van der Waals surface area (Å²) in [5, 5.41) is 8.01. The van der Waals surface area contributed by atoms with Crippen LogP contribution in [0.1, 0.15) is 24.1 Å². The van der Waals surface area contributed by atoms with E-state index in [2.05, 4.69) is 30.6 Å². The number of methoxy groups -OCH3 is 1. The summed E-state index contributed by atoms with van der Waals surface area (Å²) in [5.41, 5.74) is 2.32. The number of carbonyl (C=O) groups is 2. The van der Waals surface area contributed by atoms with Crippen molar-refractivity contribution in [2.24, 2.45) is 0 Å². The van der Waals surface area contributed by atoms with Crippen LogP contribution in [0.3, 0.4) is 0 Å². The molecule has 1 fully saturated rings. The summed E-state index contributed by atoms with van der Waals surface area (Å²) in [7, 11) is 1.34. The zero-order valence-corrected chi connectivity index (χ0v) is 17.1. The number of rotatable bonds is 5. The van der Waals surface area contributed by atoms with Crippen LogP contribution in [0.25, 0.3) is 0 Å². The van der Waals surface area contributed by atoms with Crippen LogP contribution in [0.5, 0.6) is 0 Å². The molecule has 9 heteroatoms. The first-order valence-electron chi connectivity index (χ1n) is 9.79. The summed E-state index contributed by atoms with van der Waals surface area (Å²) in [6.07, 6.45) is 2.92. The second-order valence-electron chi connectivity index (χ2n) is 7.29. The molecule has 3 amide bonds. The zero-order valence-electron chi connectivity index (χ0n) is 17.1. The van der Waals surface area contributed by atoms with E-state index in [1.807, 2.05) is 6.92 Å². The molecule has 1 aromatic carbocycles. The predicted octanol–water partition coefficient (Wildman–Crippen LogP) is 3.49. The number of anilines is 2. The van der Waals surface area contributed by atoms with Crippen molar-refractivity contribution >= 4 is 23.5 Å². The number of hydrogen-bond donors (Lipinski definition) is 3. The molecule has 0 bridgehead atoms. The van der Waals surface area contributed by atoms with Gasteiger partial charge in [-0.25, -0.2) is 14.0 Å². The molecule has 1 saturated heterocycles. The fourth-order valence-electron chi connectivity index (χ4n) is 3.39. The van der Waals surface area contributed by atoms with E-state index in [9.17, 15) is 14.0 Å². The van der Waals surface area contributed by atoms with E-state index in [1.165, 1.54) is 19.4 Å². The van der Waals surface area contributed by atoms with Crippen molar-refractivity contribution in [3.63, 3.8) is 0 Å². The topological polar surface area (TPSA) is 95.6 Å². The van der Waals surface area contributed by atoms with Crippen molar-refractivity contribution in [2.75, 3.05) is 30.8 Å². The molecule has 0 unspecified atom stereocenters. The average molecular weight is 415 g/mol. The molecule has 1 aliphatic rings. The zero-order chi connectivity index (χ0) is 21.5. The van der Waals surface area contributed by atoms with Gasteiger partial charge in [0.25, 0.3) is 0 Å². The lowest BCUT2D eigenvalue weighted by atomic mass is 10.0. The van der Waals surface area contributed by atoms with Crippen LogP contribution in [0.15, 0.2) is 36.5 Å². The molecule has 0 radical (unpaired) electrons. The molecule has 0 saturated carbocycles.